The number of aromatic nitrogens is 5. The number of hydrogen-bond donors (Lipinski definition) is 1. The van der Waals surface area contributed by atoms with Crippen molar-refractivity contribution in [3.63, 3.8) is 0 Å². The molecule has 0 spiro atoms. The number of likely N-dealkylation sites (tertiary alicyclic amines) is 1. The molecule has 2 bridgehead atoms. The molecule has 5 rings (SSSR count). The summed E-state index contributed by atoms with van der Waals surface area (Å²) in [7, 11) is 0. The first-order valence-electron chi connectivity index (χ1n) is 9.92. The van der Waals surface area contributed by atoms with Crippen LogP contribution in [0.1, 0.15) is 28.9 Å². The summed E-state index contributed by atoms with van der Waals surface area (Å²) in [6, 6.07) is 3.43. The van der Waals surface area contributed by atoms with E-state index in [1.807, 2.05) is 0 Å². The molecule has 2 aromatic heterocycles. The minimum absolute atomic E-state index is 0.141. The Balaban J connectivity index is 1.37. The number of fused-ring (bicyclic) bond motifs is 2. The van der Waals surface area contributed by atoms with E-state index in [9.17, 15) is 22.4 Å². The van der Waals surface area contributed by atoms with Gasteiger partial charge in [-0.3, -0.25) is 4.79 Å². The van der Waals surface area contributed by atoms with Crippen LogP contribution in [-0.4, -0.2) is 54.4 Å². The van der Waals surface area contributed by atoms with Crippen molar-refractivity contribution in [2.24, 2.45) is 5.92 Å². The first-order chi connectivity index (χ1) is 15.3. The fraction of sp³-hybridized carbons (Fsp3) is 0.350. The monoisotopic (exact) mass is 447 g/mol. The Labute approximate surface area is 179 Å². The molecule has 2 aliphatic rings. The first kappa shape index (κ1) is 20.3. The molecule has 1 saturated carbocycles. The summed E-state index contributed by atoms with van der Waals surface area (Å²) in [6.07, 6.45) is 1.55. The van der Waals surface area contributed by atoms with Gasteiger partial charge in [-0.25, -0.2) is 14.4 Å². The number of rotatable bonds is 4. The summed E-state index contributed by atoms with van der Waals surface area (Å²) < 4.78 is 52.1. The van der Waals surface area contributed by atoms with Gasteiger partial charge in [0.2, 0.25) is 0 Å². The number of anilines is 1. The third-order valence-electron chi connectivity index (χ3n) is 5.84. The van der Waals surface area contributed by atoms with E-state index in [-0.39, 0.29) is 35.3 Å². The van der Waals surface area contributed by atoms with Crippen LogP contribution in [0, 0.1) is 11.7 Å². The molecule has 166 valence electrons. The van der Waals surface area contributed by atoms with Crippen LogP contribution in [0.15, 0.2) is 43.0 Å². The Kier molecular flexibility index (Phi) is 4.79. The topological polar surface area (TPSA) is 88.8 Å². The largest absolute Gasteiger partial charge is 0.434 e. The molecule has 12 heteroatoms. The molecule has 1 N–H and O–H groups in total. The molecular formula is C20H17F4N7O. The van der Waals surface area contributed by atoms with Crippen LogP contribution in [0.2, 0.25) is 0 Å². The predicted octanol–water partition coefficient (Wildman–Crippen LogP) is 2.93. The Morgan fingerprint density at radius 2 is 1.88 bits per heavy atom. The second kappa shape index (κ2) is 7.53. The molecule has 1 aromatic carbocycles. The summed E-state index contributed by atoms with van der Waals surface area (Å²) in [6.45, 7) is 0.517. The van der Waals surface area contributed by atoms with Gasteiger partial charge < -0.3 is 10.2 Å². The molecule has 3 atom stereocenters. The Morgan fingerprint density at radius 3 is 2.53 bits per heavy atom. The van der Waals surface area contributed by atoms with Crippen molar-refractivity contribution in [3.8, 4) is 5.69 Å². The number of alkyl halides is 3. The van der Waals surface area contributed by atoms with E-state index in [2.05, 4.69) is 25.5 Å². The minimum Gasteiger partial charge on any atom is -0.364 e. The number of piperidine rings is 1. The van der Waals surface area contributed by atoms with Gasteiger partial charge in [0.25, 0.3) is 5.91 Å². The van der Waals surface area contributed by atoms with Crippen molar-refractivity contribution in [2.75, 3.05) is 11.9 Å². The lowest BCUT2D eigenvalue weighted by molar-refractivity contribution is -0.141. The van der Waals surface area contributed by atoms with E-state index in [1.165, 1.54) is 29.3 Å². The van der Waals surface area contributed by atoms with Crippen LogP contribution in [-0.2, 0) is 6.18 Å². The van der Waals surface area contributed by atoms with Gasteiger partial charge in [0, 0.05) is 12.6 Å². The van der Waals surface area contributed by atoms with Crippen LogP contribution < -0.4 is 5.32 Å². The van der Waals surface area contributed by atoms with Crippen LogP contribution in [0.5, 0.6) is 0 Å². The standard InChI is InChI=1S/C20H17F4N7O/c21-12-1-2-15(31-27-3-4-28-31)13(7-12)19(32)30-10-11-5-14(16(30)6-11)29-18-9-25-17(8-26-18)20(22,23)24/h1-4,7-9,11,14,16H,5-6,10H2,(H,26,29). The average Bonchev–Trinajstić information content (AvgIpc) is 3.50. The van der Waals surface area contributed by atoms with E-state index in [1.54, 1.807) is 4.90 Å². The van der Waals surface area contributed by atoms with E-state index in [0.717, 1.165) is 25.1 Å². The van der Waals surface area contributed by atoms with Gasteiger partial charge in [0.1, 0.15) is 11.6 Å². The molecule has 32 heavy (non-hydrogen) atoms. The maximum atomic E-state index is 14.0. The highest BCUT2D eigenvalue weighted by Gasteiger charge is 2.47. The van der Waals surface area contributed by atoms with E-state index in [0.29, 0.717) is 18.4 Å². The number of carbonyl (C=O) groups excluding carboxylic acids is 1. The fourth-order valence-electron chi connectivity index (χ4n) is 4.50. The zero-order valence-corrected chi connectivity index (χ0v) is 16.5. The average molecular weight is 447 g/mol. The molecule has 1 amide bonds. The van der Waals surface area contributed by atoms with Gasteiger partial charge in [-0.05, 0) is 37.0 Å². The van der Waals surface area contributed by atoms with Crippen molar-refractivity contribution in [1.82, 2.24) is 29.9 Å². The van der Waals surface area contributed by atoms with Crippen molar-refractivity contribution in [3.05, 3.63) is 60.1 Å². The van der Waals surface area contributed by atoms with Crippen molar-refractivity contribution in [2.45, 2.75) is 31.1 Å². The van der Waals surface area contributed by atoms with Crippen LogP contribution in [0.3, 0.4) is 0 Å². The number of carbonyl (C=O) groups is 1. The van der Waals surface area contributed by atoms with Gasteiger partial charge in [-0.2, -0.15) is 28.2 Å². The summed E-state index contributed by atoms with van der Waals surface area (Å²) >= 11 is 0. The lowest BCUT2D eigenvalue weighted by atomic mass is 10.0. The minimum atomic E-state index is -4.56. The van der Waals surface area contributed by atoms with Crippen molar-refractivity contribution >= 4 is 11.7 Å². The number of amides is 1. The van der Waals surface area contributed by atoms with Gasteiger partial charge in [0.05, 0.1) is 42.1 Å². The van der Waals surface area contributed by atoms with Crippen molar-refractivity contribution < 1.29 is 22.4 Å². The van der Waals surface area contributed by atoms with Crippen LogP contribution in [0.4, 0.5) is 23.4 Å². The normalized spacial score (nSPS) is 22.4. The Bertz CT molecular complexity index is 1130. The zero-order valence-electron chi connectivity index (χ0n) is 16.5. The predicted molar refractivity (Wildman–Crippen MR) is 103 cm³/mol. The highest BCUT2D eigenvalue weighted by molar-refractivity contribution is 5.98. The molecule has 1 aliphatic carbocycles. The Morgan fingerprint density at radius 1 is 1.09 bits per heavy atom. The number of nitrogens with one attached hydrogen (secondary N) is 1. The smallest absolute Gasteiger partial charge is 0.364 e. The maximum absolute atomic E-state index is 14.0. The first-order valence-corrected chi connectivity index (χ1v) is 9.92. The number of halogens is 4. The van der Waals surface area contributed by atoms with Gasteiger partial charge >= 0.3 is 6.18 Å². The fourth-order valence-corrected chi connectivity index (χ4v) is 4.50. The van der Waals surface area contributed by atoms with Crippen LogP contribution >= 0.6 is 0 Å². The second-order valence-electron chi connectivity index (χ2n) is 7.88. The molecule has 0 radical (unpaired) electrons. The third-order valence-corrected chi connectivity index (χ3v) is 5.84. The third kappa shape index (κ3) is 3.65. The number of nitrogens with zero attached hydrogens (tertiary/aromatic N) is 6. The lowest BCUT2D eigenvalue weighted by Crippen LogP contribution is -2.48. The summed E-state index contributed by atoms with van der Waals surface area (Å²) in [5.41, 5.74) is -0.567. The lowest BCUT2D eigenvalue weighted by Gasteiger charge is -2.34. The quantitative estimate of drug-likeness (QED) is 0.619. The summed E-state index contributed by atoms with van der Waals surface area (Å²) in [5, 5.41) is 11.2. The van der Waals surface area contributed by atoms with E-state index < -0.39 is 17.7 Å². The van der Waals surface area contributed by atoms with E-state index >= 15 is 0 Å². The molecule has 1 aliphatic heterocycles. The SMILES string of the molecule is O=C(c1cc(F)ccc1-n1nccn1)N1CC2CC(Nc3cnc(C(F)(F)F)cn3)C1C2. The van der Waals surface area contributed by atoms with E-state index in [4.69, 9.17) is 0 Å². The molecule has 1 saturated heterocycles. The maximum Gasteiger partial charge on any atom is 0.434 e. The second-order valence-corrected chi connectivity index (χ2v) is 7.88. The highest BCUT2D eigenvalue weighted by atomic mass is 19.4. The summed E-state index contributed by atoms with van der Waals surface area (Å²) in [5.74, 6) is -0.476. The van der Waals surface area contributed by atoms with Gasteiger partial charge in [0.15, 0.2) is 5.69 Å². The highest BCUT2D eigenvalue weighted by Crippen LogP contribution is 2.40. The summed E-state index contributed by atoms with van der Waals surface area (Å²) in [4.78, 5) is 23.5. The molecule has 8 nitrogen and oxygen atoms in total. The van der Waals surface area contributed by atoms with Gasteiger partial charge in [-0.15, -0.1) is 0 Å². The molecule has 3 unspecified atom stereocenters. The van der Waals surface area contributed by atoms with Gasteiger partial charge in [-0.1, -0.05) is 0 Å². The molecular weight excluding hydrogens is 430 g/mol. The molecule has 3 heterocycles. The van der Waals surface area contributed by atoms with Crippen molar-refractivity contribution in [1.29, 1.82) is 0 Å². The molecule has 3 aromatic rings. The molecule has 2 fully saturated rings. The van der Waals surface area contributed by atoms with Crippen LogP contribution in [0.25, 0.3) is 5.69 Å². The number of hydrogen-bond acceptors (Lipinski definition) is 6. The zero-order chi connectivity index (χ0) is 22.5. The number of benzene rings is 1. The Hall–Kier alpha value is -3.57.